The van der Waals surface area contributed by atoms with Crippen LogP contribution in [0.1, 0.15) is 45.6 Å². The van der Waals surface area contributed by atoms with E-state index in [2.05, 4.69) is 21.7 Å². The van der Waals surface area contributed by atoms with Crippen LogP contribution in [0.2, 0.25) is 5.02 Å². The molecule has 0 aliphatic carbocycles. The van der Waals surface area contributed by atoms with Crippen LogP contribution in [0.25, 0.3) is 32.8 Å². The summed E-state index contributed by atoms with van der Waals surface area (Å²) in [5, 5.41) is 1.80. The first-order chi connectivity index (χ1) is 23.1. The fourth-order valence-corrected chi connectivity index (χ4v) is 7.57. The van der Waals surface area contributed by atoms with Crippen LogP contribution in [-0.4, -0.2) is 68.6 Å². The van der Waals surface area contributed by atoms with Crippen LogP contribution in [0.4, 0.5) is 19.0 Å². The number of hydrogen-bond donors (Lipinski definition) is 0. The number of anilines is 1. The van der Waals surface area contributed by atoms with Crippen molar-refractivity contribution in [3.8, 4) is 22.9 Å². The Labute approximate surface area is 284 Å². The lowest BCUT2D eigenvalue weighted by Crippen LogP contribution is -2.44. The van der Waals surface area contributed by atoms with E-state index in [1.807, 2.05) is 20.9 Å². The summed E-state index contributed by atoms with van der Waals surface area (Å²) in [6, 6.07) is 8.17. The highest BCUT2D eigenvalue weighted by Crippen LogP contribution is 2.44. The molecule has 0 spiro atoms. The third-order valence-electron chi connectivity index (χ3n) is 9.72. The highest BCUT2D eigenvalue weighted by Gasteiger charge is 2.36. The third kappa shape index (κ3) is 6.54. The summed E-state index contributed by atoms with van der Waals surface area (Å²) in [7, 11) is 3.50. The number of piperidine rings is 2. The summed E-state index contributed by atoms with van der Waals surface area (Å²) in [5.74, 6) is 0.284. The molecular formula is C37H42ClF3N4O3. The van der Waals surface area contributed by atoms with Crippen LogP contribution in [0.5, 0.6) is 11.8 Å². The minimum absolute atomic E-state index is 0.00196. The van der Waals surface area contributed by atoms with Crippen molar-refractivity contribution in [2.24, 2.45) is 11.3 Å². The minimum atomic E-state index is -0.680. The van der Waals surface area contributed by atoms with Gasteiger partial charge in [0, 0.05) is 49.7 Å². The van der Waals surface area contributed by atoms with Gasteiger partial charge in [0.15, 0.2) is 12.6 Å². The quantitative estimate of drug-likeness (QED) is 0.164. The standard InChI is InChI=1S/C37H42ClF3N4O3/c1-6-26-30(40)10-9-23-14-25(48-21-46-5)15-27(31(23)26)32-29(38)16-28-34(33(32)41)42-36(43-35(28)45-12-7-8-22(2)18-45)47-20-37(3)19-44(4)13-11-24(37)17-39/h9-10,14-17,22H,6-8,11-13,18-21H2,1-5H3/b24-17+/t22-,37+/m1/s1. The monoisotopic (exact) mass is 682 g/mol. The molecule has 48 heavy (non-hydrogen) atoms. The van der Waals surface area contributed by atoms with Gasteiger partial charge in [-0.25, -0.2) is 13.2 Å². The summed E-state index contributed by atoms with van der Waals surface area (Å²) in [5.41, 5.74) is 0.964. The largest absolute Gasteiger partial charge is 0.468 e. The number of benzene rings is 3. The highest BCUT2D eigenvalue weighted by atomic mass is 35.5. The van der Waals surface area contributed by atoms with Crippen molar-refractivity contribution in [2.45, 2.75) is 46.5 Å². The molecule has 2 aliphatic heterocycles. The molecule has 2 fully saturated rings. The molecule has 0 radical (unpaired) electrons. The molecule has 0 bridgehead atoms. The Bertz CT molecular complexity index is 1870. The van der Waals surface area contributed by atoms with Crippen molar-refractivity contribution in [1.29, 1.82) is 0 Å². The average molecular weight is 683 g/mol. The molecule has 1 aromatic heterocycles. The fourth-order valence-electron chi connectivity index (χ4n) is 7.27. The second kappa shape index (κ2) is 14.1. The van der Waals surface area contributed by atoms with Gasteiger partial charge in [0.1, 0.15) is 29.5 Å². The molecule has 7 nitrogen and oxygen atoms in total. The summed E-state index contributed by atoms with van der Waals surface area (Å²) in [6.45, 7) is 8.87. The Kier molecular flexibility index (Phi) is 10.1. The topological polar surface area (TPSA) is 60.0 Å². The molecule has 6 rings (SSSR count). The Morgan fingerprint density at radius 3 is 2.67 bits per heavy atom. The van der Waals surface area contributed by atoms with Crippen molar-refractivity contribution >= 4 is 39.1 Å². The Hall–Kier alpha value is -3.60. The van der Waals surface area contributed by atoms with E-state index < -0.39 is 17.0 Å². The molecule has 11 heteroatoms. The van der Waals surface area contributed by atoms with Gasteiger partial charge in [-0.1, -0.05) is 38.4 Å². The number of methoxy groups -OCH3 is 1. The maximum atomic E-state index is 17.2. The Morgan fingerprint density at radius 1 is 1.12 bits per heavy atom. The lowest BCUT2D eigenvalue weighted by Gasteiger charge is -2.40. The second-order valence-electron chi connectivity index (χ2n) is 13.4. The molecular weight excluding hydrogens is 641 g/mol. The number of hydrogen-bond acceptors (Lipinski definition) is 7. The molecule has 3 heterocycles. The van der Waals surface area contributed by atoms with Crippen molar-refractivity contribution in [3.63, 3.8) is 0 Å². The van der Waals surface area contributed by atoms with E-state index >= 15 is 8.78 Å². The van der Waals surface area contributed by atoms with Gasteiger partial charge in [0.25, 0.3) is 0 Å². The third-order valence-corrected chi connectivity index (χ3v) is 10.0. The highest BCUT2D eigenvalue weighted by molar-refractivity contribution is 6.35. The molecule has 256 valence electrons. The van der Waals surface area contributed by atoms with E-state index in [0.717, 1.165) is 32.5 Å². The van der Waals surface area contributed by atoms with Crippen molar-refractivity contribution < 1.29 is 27.4 Å². The van der Waals surface area contributed by atoms with E-state index in [-0.39, 0.29) is 35.5 Å². The maximum Gasteiger partial charge on any atom is 0.319 e. The molecule has 0 unspecified atom stereocenters. The van der Waals surface area contributed by atoms with Crippen LogP contribution in [0.3, 0.4) is 0 Å². The fraction of sp³-hybridized carbons (Fsp3) is 0.459. The normalized spacial score (nSPS) is 21.4. The smallest absolute Gasteiger partial charge is 0.319 e. The zero-order chi connectivity index (χ0) is 34.2. The van der Waals surface area contributed by atoms with E-state index in [1.165, 1.54) is 13.2 Å². The van der Waals surface area contributed by atoms with Crippen molar-refractivity contribution in [3.05, 3.63) is 64.5 Å². The first kappa shape index (κ1) is 34.3. The predicted molar refractivity (Wildman–Crippen MR) is 185 cm³/mol. The van der Waals surface area contributed by atoms with Gasteiger partial charge < -0.3 is 24.0 Å². The minimum Gasteiger partial charge on any atom is -0.468 e. The van der Waals surface area contributed by atoms with Gasteiger partial charge >= 0.3 is 6.01 Å². The number of likely N-dealkylation sites (tertiary alicyclic amines) is 1. The molecule has 2 atom stereocenters. The van der Waals surface area contributed by atoms with Gasteiger partial charge in [0.05, 0.1) is 11.4 Å². The van der Waals surface area contributed by atoms with Crippen LogP contribution >= 0.6 is 11.6 Å². The maximum absolute atomic E-state index is 17.2. The second-order valence-corrected chi connectivity index (χ2v) is 13.8. The van der Waals surface area contributed by atoms with Crippen LogP contribution < -0.4 is 14.4 Å². The summed E-state index contributed by atoms with van der Waals surface area (Å²) >= 11 is 6.99. The van der Waals surface area contributed by atoms with Crippen LogP contribution in [0, 0.1) is 23.0 Å². The van der Waals surface area contributed by atoms with Crippen molar-refractivity contribution in [1.82, 2.24) is 14.9 Å². The summed E-state index contributed by atoms with van der Waals surface area (Å²) < 4.78 is 63.6. The van der Waals surface area contributed by atoms with Gasteiger partial charge in [-0.3, -0.25) is 0 Å². The first-order valence-electron chi connectivity index (χ1n) is 16.5. The van der Waals surface area contributed by atoms with E-state index in [4.69, 9.17) is 30.8 Å². The number of nitrogens with zero attached hydrogens (tertiary/aromatic N) is 4. The molecule has 2 aliphatic rings. The van der Waals surface area contributed by atoms with Gasteiger partial charge in [-0.2, -0.15) is 9.97 Å². The number of aromatic nitrogens is 2. The van der Waals surface area contributed by atoms with Crippen LogP contribution in [-0.2, 0) is 11.2 Å². The van der Waals surface area contributed by atoms with Gasteiger partial charge in [0.2, 0.25) is 0 Å². The summed E-state index contributed by atoms with van der Waals surface area (Å²) in [4.78, 5) is 13.7. The average Bonchev–Trinajstić information content (AvgIpc) is 3.06. The Balaban J connectivity index is 1.55. The summed E-state index contributed by atoms with van der Waals surface area (Å²) in [6.07, 6.45) is 3.67. The zero-order valence-corrected chi connectivity index (χ0v) is 28.9. The number of rotatable bonds is 9. The number of fused-ring (bicyclic) bond motifs is 2. The zero-order valence-electron chi connectivity index (χ0n) is 28.1. The van der Waals surface area contributed by atoms with Gasteiger partial charge in [-0.15, -0.1) is 0 Å². The SMILES string of the molecule is CCc1c(F)ccc2cc(OCOC)cc(-c3c(Cl)cc4c(N5CCC[C@@H](C)C5)nc(OC[C@]5(C)CN(C)CC/C5=C\F)nc4c3F)c12. The molecule has 4 aromatic rings. The van der Waals surface area contributed by atoms with E-state index in [9.17, 15) is 4.39 Å². The van der Waals surface area contributed by atoms with Gasteiger partial charge in [-0.05, 0) is 90.4 Å². The van der Waals surface area contributed by atoms with Crippen LogP contribution in [0.15, 0.2) is 42.2 Å². The lowest BCUT2D eigenvalue weighted by molar-refractivity contribution is 0.0512. The van der Waals surface area contributed by atoms with E-state index in [0.29, 0.717) is 76.1 Å². The molecule has 0 amide bonds. The lowest BCUT2D eigenvalue weighted by atomic mass is 9.78. The van der Waals surface area contributed by atoms with E-state index in [1.54, 1.807) is 24.3 Å². The molecule has 0 N–H and O–H groups in total. The molecule has 0 saturated carbocycles. The number of halogens is 4. The number of aryl methyl sites for hydroxylation is 1. The molecule has 3 aromatic carbocycles. The first-order valence-corrected chi connectivity index (χ1v) is 16.9. The Morgan fingerprint density at radius 2 is 1.94 bits per heavy atom. The number of ether oxygens (including phenoxy) is 3. The van der Waals surface area contributed by atoms with Crippen molar-refractivity contribution in [2.75, 3.05) is 58.6 Å². The predicted octanol–water partition coefficient (Wildman–Crippen LogP) is 8.74. The molecule has 2 saturated heterocycles.